The van der Waals surface area contributed by atoms with Crippen molar-refractivity contribution < 1.29 is 19.1 Å². The van der Waals surface area contributed by atoms with Crippen molar-refractivity contribution in [3.8, 4) is 17.1 Å². The number of pyridine rings is 1. The molecule has 0 aliphatic carbocycles. The van der Waals surface area contributed by atoms with Crippen molar-refractivity contribution in [2.75, 3.05) is 26.2 Å². The minimum Gasteiger partial charge on any atom is -0.494 e. The van der Waals surface area contributed by atoms with Crippen molar-refractivity contribution >= 4 is 29.3 Å². The van der Waals surface area contributed by atoms with Gasteiger partial charge in [-0.1, -0.05) is 37.6 Å². The first-order valence-corrected chi connectivity index (χ1v) is 13.6. The standard InChI is InChI=1S/C28H33ClN6O5/c1-18(2)13-23-27(38)31-8-11-34-10-7-30-25(34)19-5-3-6-21(14-19)40-12-4-9-35(17-24(36)33-23)28(39)20-15-22(29)26(37)32-16-20/h3,5-7,10,14-16,18,23H,4,8-9,11-13,17H2,1-2H3,(H,31,38)(H,32,37)(H,33,36)/t23-/m1/s1. The number of aromatic nitrogens is 3. The smallest absolute Gasteiger partial charge is 0.266 e. The van der Waals surface area contributed by atoms with Gasteiger partial charge in [0, 0.05) is 43.8 Å². The van der Waals surface area contributed by atoms with Crippen LogP contribution in [0.1, 0.15) is 37.0 Å². The van der Waals surface area contributed by atoms with Crippen LogP contribution in [-0.2, 0) is 16.1 Å². The molecule has 4 rings (SSSR count). The molecule has 0 spiro atoms. The van der Waals surface area contributed by atoms with Gasteiger partial charge in [0.1, 0.15) is 22.6 Å². The number of nitrogens with one attached hydrogen (secondary N) is 3. The second-order valence-corrected chi connectivity index (χ2v) is 10.4. The van der Waals surface area contributed by atoms with Gasteiger partial charge in [-0.15, -0.1) is 0 Å². The third-order valence-electron chi connectivity index (χ3n) is 6.39. The Balaban J connectivity index is 1.60. The summed E-state index contributed by atoms with van der Waals surface area (Å²) >= 11 is 5.93. The number of carbonyl (C=O) groups is 3. The lowest BCUT2D eigenvalue weighted by atomic mass is 10.0. The number of nitrogens with zero attached hydrogens (tertiary/aromatic N) is 3. The molecule has 12 heteroatoms. The van der Waals surface area contributed by atoms with Crippen molar-refractivity contribution in [2.24, 2.45) is 5.92 Å². The fraction of sp³-hybridized carbons (Fsp3) is 0.393. The average Bonchev–Trinajstić information content (AvgIpc) is 3.39. The Labute approximate surface area is 236 Å². The lowest BCUT2D eigenvalue weighted by Crippen LogP contribution is -2.51. The number of ether oxygens (including phenoxy) is 1. The van der Waals surface area contributed by atoms with E-state index in [0.717, 1.165) is 11.4 Å². The molecule has 0 saturated carbocycles. The van der Waals surface area contributed by atoms with Crippen LogP contribution in [0.25, 0.3) is 11.4 Å². The van der Waals surface area contributed by atoms with Gasteiger partial charge in [-0.25, -0.2) is 4.98 Å². The molecule has 1 aliphatic heterocycles. The molecule has 2 aromatic heterocycles. The fourth-order valence-electron chi connectivity index (χ4n) is 4.47. The van der Waals surface area contributed by atoms with Gasteiger partial charge in [0.2, 0.25) is 11.8 Å². The van der Waals surface area contributed by atoms with E-state index in [1.54, 1.807) is 6.20 Å². The average molecular weight is 569 g/mol. The van der Waals surface area contributed by atoms with Crippen LogP contribution in [0.3, 0.4) is 0 Å². The molecule has 0 fully saturated rings. The summed E-state index contributed by atoms with van der Waals surface area (Å²) in [5.74, 6) is 0.257. The summed E-state index contributed by atoms with van der Waals surface area (Å²) < 4.78 is 7.90. The van der Waals surface area contributed by atoms with Crippen LogP contribution < -0.4 is 20.9 Å². The maximum Gasteiger partial charge on any atom is 0.266 e. The Morgan fingerprint density at radius 2 is 2.02 bits per heavy atom. The highest BCUT2D eigenvalue weighted by molar-refractivity contribution is 6.30. The number of amides is 3. The predicted octanol–water partition coefficient (Wildman–Crippen LogP) is 2.46. The molecule has 1 aliphatic rings. The van der Waals surface area contributed by atoms with Gasteiger partial charge in [-0.2, -0.15) is 0 Å². The highest BCUT2D eigenvalue weighted by Crippen LogP contribution is 2.23. The van der Waals surface area contributed by atoms with E-state index >= 15 is 0 Å². The van der Waals surface area contributed by atoms with E-state index in [9.17, 15) is 19.2 Å². The van der Waals surface area contributed by atoms with Crippen LogP contribution in [0.15, 0.2) is 53.7 Å². The number of rotatable bonds is 3. The minimum absolute atomic E-state index is 0.130. The summed E-state index contributed by atoms with van der Waals surface area (Å²) in [6.07, 6.45) is 5.67. The van der Waals surface area contributed by atoms with Crippen molar-refractivity contribution in [3.63, 3.8) is 0 Å². The number of halogens is 1. The van der Waals surface area contributed by atoms with E-state index in [-0.39, 0.29) is 42.1 Å². The van der Waals surface area contributed by atoms with Gasteiger partial charge in [-0.3, -0.25) is 19.2 Å². The zero-order valence-corrected chi connectivity index (χ0v) is 23.2. The zero-order chi connectivity index (χ0) is 28.6. The van der Waals surface area contributed by atoms with Crippen molar-refractivity contribution in [1.29, 1.82) is 0 Å². The van der Waals surface area contributed by atoms with Gasteiger partial charge in [0.05, 0.1) is 18.7 Å². The third kappa shape index (κ3) is 7.50. The Bertz CT molecular complexity index is 1420. The summed E-state index contributed by atoms with van der Waals surface area (Å²) in [7, 11) is 0. The number of benzene rings is 1. The van der Waals surface area contributed by atoms with Crippen molar-refractivity contribution in [2.45, 2.75) is 39.3 Å². The topological polar surface area (TPSA) is 138 Å². The Kier molecular flexibility index (Phi) is 9.60. The maximum absolute atomic E-state index is 13.3. The molecule has 3 N–H and O–H groups in total. The van der Waals surface area contributed by atoms with Gasteiger partial charge in [0.15, 0.2) is 0 Å². The molecule has 0 unspecified atom stereocenters. The molecule has 1 atom stereocenters. The van der Waals surface area contributed by atoms with Crippen LogP contribution in [0.2, 0.25) is 5.02 Å². The van der Waals surface area contributed by atoms with E-state index in [1.807, 2.05) is 48.9 Å². The first-order valence-electron chi connectivity index (χ1n) is 13.2. The van der Waals surface area contributed by atoms with Gasteiger partial charge < -0.3 is 29.8 Å². The lowest BCUT2D eigenvalue weighted by molar-refractivity contribution is -0.129. The third-order valence-corrected chi connectivity index (χ3v) is 6.67. The Hall–Kier alpha value is -4.12. The Morgan fingerprint density at radius 3 is 2.80 bits per heavy atom. The highest BCUT2D eigenvalue weighted by Gasteiger charge is 2.25. The van der Waals surface area contributed by atoms with Crippen molar-refractivity contribution in [1.82, 2.24) is 30.1 Å². The summed E-state index contributed by atoms with van der Waals surface area (Å²) in [5.41, 5.74) is 0.489. The number of carbonyl (C=O) groups excluding carboxylic acids is 3. The van der Waals surface area contributed by atoms with Gasteiger partial charge >= 0.3 is 0 Å². The number of aromatic amines is 1. The number of imidazole rings is 1. The first kappa shape index (κ1) is 28.9. The summed E-state index contributed by atoms with van der Waals surface area (Å²) in [6.45, 7) is 4.94. The van der Waals surface area contributed by atoms with E-state index in [1.165, 1.54) is 17.2 Å². The van der Waals surface area contributed by atoms with Crippen LogP contribution in [-0.4, -0.2) is 69.4 Å². The molecule has 0 saturated heterocycles. The molecule has 2 bridgehead atoms. The van der Waals surface area contributed by atoms with Gasteiger partial charge in [0.25, 0.3) is 11.5 Å². The van der Waals surface area contributed by atoms with Crippen LogP contribution in [0.4, 0.5) is 0 Å². The summed E-state index contributed by atoms with van der Waals surface area (Å²) in [6, 6.07) is 8.04. The summed E-state index contributed by atoms with van der Waals surface area (Å²) in [4.78, 5) is 59.5. The van der Waals surface area contributed by atoms with E-state index in [0.29, 0.717) is 31.7 Å². The molecule has 3 aromatic rings. The van der Waals surface area contributed by atoms with E-state index < -0.39 is 23.4 Å². The maximum atomic E-state index is 13.3. The normalized spacial score (nSPS) is 17.2. The highest BCUT2D eigenvalue weighted by atomic mass is 35.5. The van der Waals surface area contributed by atoms with Crippen LogP contribution in [0.5, 0.6) is 5.75 Å². The second-order valence-electron chi connectivity index (χ2n) is 10.0. The van der Waals surface area contributed by atoms with Crippen LogP contribution in [0, 0.1) is 5.92 Å². The Morgan fingerprint density at radius 1 is 1.20 bits per heavy atom. The molecule has 3 heterocycles. The van der Waals surface area contributed by atoms with Crippen LogP contribution >= 0.6 is 11.6 Å². The number of hydrogen-bond acceptors (Lipinski definition) is 6. The quantitative estimate of drug-likeness (QED) is 0.444. The monoisotopic (exact) mass is 568 g/mol. The second kappa shape index (κ2) is 13.3. The van der Waals surface area contributed by atoms with E-state index in [2.05, 4.69) is 20.6 Å². The molecular formula is C28H33ClN6O5. The van der Waals surface area contributed by atoms with Crippen molar-refractivity contribution in [3.05, 3.63) is 69.9 Å². The molecule has 212 valence electrons. The van der Waals surface area contributed by atoms with Gasteiger partial charge in [-0.05, 0) is 37.0 Å². The number of hydrogen-bond donors (Lipinski definition) is 3. The SMILES string of the molecule is CC(C)C[C@H]1NC(=O)CN(C(=O)c2c[nH]c(=O)c(Cl)c2)CCCOc2cccc(c2)-c2nccn2CCNC1=O. The first-order chi connectivity index (χ1) is 19.2. The zero-order valence-electron chi connectivity index (χ0n) is 22.5. The molecule has 1 aromatic carbocycles. The predicted molar refractivity (Wildman–Crippen MR) is 150 cm³/mol. The molecular weight excluding hydrogens is 536 g/mol. The molecule has 40 heavy (non-hydrogen) atoms. The lowest BCUT2D eigenvalue weighted by Gasteiger charge is -2.25. The number of H-pyrrole nitrogens is 1. The fourth-order valence-corrected chi connectivity index (χ4v) is 4.65. The molecule has 0 radical (unpaired) electrons. The minimum atomic E-state index is -0.770. The molecule has 11 nitrogen and oxygen atoms in total. The molecule has 3 amide bonds. The van der Waals surface area contributed by atoms with E-state index in [4.69, 9.17) is 16.3 Å². The number of fused-ring (bicyclic) bond motifs is 4. The summed E-state index contributed by atoms with van der Waals surface area (Å²) in [5, 5.41) is 5.58. The largest absolute Gasteiger partial charge is 0.494 e.